The lowest BCUT2D eigenvalue weighted by molar-refractivity contribution is 0.251. The van der Waals surface area contributed by atoms with Crippen LogP contribution in [0.3, 0.4) is 0 Å². The van der Waals surface area contributed by atoms with E-state index in [4.69, 9.17) is 17.3 Å². The number of nitrogens with one attached hydrogen (secondary N) is 1. The molecule has 2 rings (SSSR count). The van der Waals surface area contributed by atoms with Gasteiger partial charge in [0.2, 0.25) is 10.0 Å². The van der Waals surface area contributed by atoms with Crippen molar-refractivity contribution >= 4 is 37.6 Å². The van der Waals surface area contributed by atoms with E-state index in [9.17, 15) is 8.42 Å². The van der Waals surface area contributed by atoms with Crippen LogP contribution >= 0.6 is 27.5 Å². The summed E-state index contributed by atoms with van der Waals surface area (Å²) in [5, 5.41) is 0.191. The minimum absolute atomic E-state index is 0.0644. The molecule has 100 valence electrons. The fraction of sp³-hybridized carbons (Fsp3) is 0.455. The van der Waals surface area contributed by atoms with Gasteiger partial charge in [0.1, 0.15) is 4.90 Å². The van der Waals surface area contributed by atoms with Crippen molar-refractivity contribution in [3.63, 3.8) is 0 Å². The Morgan fingerprint density at radius 2 is 2.11 bits per heavy atom. The predicted molar refractivity (Wildman–Crippen MR) is 75.1 cm³/mol. The molecule has 0 heterocycles. The average molecular weight is 354 g/mol. The van der Waals surface area contributed by atoms with Crippen LogP contribution in [-0.2, 0) is 10.0 Å². The van der Waals surface area contributed by atoms with E-state index in [0.29, 0.717) is 4.47 Å². The normalized spacial score (nSPS) is 18.4. The van der Waals surface area contributed by atoms with Crippen molar-refractivity contribution in [3.8, 4) is 0 Å². The molecule has 3 N–H and O–H groups in total. The Labute approximate surface area is 120 Å². The van der Waals surface area contributed by atoms with E-state index in [-0.39, 0.29) is 16.5 Å². The summed E-state index contributed by atoms with van der Waals surface area (Å²) >= 11 is 9.13. The molecule has 0 saturated heterocycles. The second-order valence-corrected chi connectivity index (χ2v) is 7.56. The summed E-state index contributed by atoms with van der Waals surface area (Å²) in [6, 6.07) is 4.87. The molecule has 1 saturated carbocycles. The highest BCUT2D eigenvalue weighted by Gasteiger charge is 2.34. The summed E-state index contributed by atoms with van der Waals surface area (Å²) in [5.74, 6) is 0. The lowest BCUT2D eigenvalue weighted by Gasteiger charge is -2.38. The van der Waals surface area contributed by atoms with Gasteiger partial charge in [-0.2, -0.15) is 0 Å². The monoisotopic (exact) mass is 352 g/mol. The van der Waals surface area contributed by atoms with E-state index in [1.54, 1.807) is 18.2 Å². The molecule has 18 heavy (non-hydrogen) atoms. The Kier molecular flexibility index (Phi) is 4.04. The molecule has 0 aliphatic heterocycles. The van der Waals surface area contributed by atoms with E-state index in [1.807, 2.05) is 0 Å². The summed E-state index contributed by atoms with van der Waals surface area (Å²) in [6.07, 6.45) is 2.74. The van der Waals surface area contributed by atoms with Gasteiger partial charge in [-0.25, -0.2) is 13.1 Å². The molecule has 0 atom stereocenters. The molecule has 4 nitrogen and oxygen atoms in total. The van der Waals surface area contributed by atoms with Crippen LogP contribution in [0.25, 0.3) is 0 Å². The number of sulfonamides is 1. The zero-order valence-corrected chi connectivity index (χ0v) is 12.8. The summed E-state index contributed by atoms with van der Waals surface area (Å²) in [4.78, 5) is 0.0644. The molecule has 0 unspecified atom stereocenters. The molecule has 7 heteroatoms. The van der Waals surface area contributed by atoms with E-state index >= 15 is 0 Å². The Morgan fingerprint density at radius 3 is 2.61 bits per heavy atom. The number of hydrogen-bond acceptors (Lipinski definition) is 3. The molecule has 1 aliphatic rings. The van der Waals surface area contributed by atoms with Crippen LogP contribution < -0.4 is 10.5 Å². The minimum atomic E-state index is -3.64. The van der Waals surface area contributed by atoms with E-state index in [2.05, 4.69) is 20.7 Å². The van der Waals surface area contributed by atoms with Crippen LogP contribution in [0.15, 0.2) is 27.6 Å². The zero-order chi connectivity index (χ0) is 13.4. The summed E-state index contributed by atoms with van der Waals surface area (Å²) in [5.41, 5.74) is 5.59. The van der Waals surface area contributed by atoms with Gasteiger partial charge in [-0.3, -0.25) is 0 Å². The number of rotatable bonds is 4. The molecule has 0 amide bonds. The van der Waals surface area contributed by atoms with Crippen LogP contribution in [-0.4, -0.2) is 20.5 Å². The molecule has 1 aromatic carbocycles. The topological polar surface area (TPSA) is 72.2 Å². The van der Waals surface area contributed by atoms with Gasteiger partial charge in [-0.05, 0) is 47.3 Å². The maximum Gasteiger partial charge on any atom is 0.243 e. The first kappa shape index (κ1) is 14.3. The summed E-state index contributed by atoms with van der Waals surface area (Å²) in [7, 11) is -3.64. The lowest BCUT2D eigenvalue weighted by atomic mass is 9.78. The van der Waals surface area contributed by atoms with Gasteiger partial charge in [0, 0.05) is 16.6 Å². The molecule has 1 aromatic rings. The Balaban J connectivity index is 2.20. The van der Waals surface area contributed by atoms with Gasteiger partial charge in [0.15, 0.2) is 0 Å². The molecular weight excluding hydrogens is 340 g/mol. The number of hydrogen-bond donors (Lipinski definition) is 2. The average Bonchev–Trinajstić information content (AvgIpc) is 2.23. The van der Waals surface area contributed by atoms with E-state index in [0.717, 1.165) is 19.3 Å². The first-order chi connectivity index (χ1) is 8.34. The zero-order valence-electron chi connectivity index (χ0n) is 9.62. The highest BCUT2D eigenvalue weighted by atomic mass is 79.9. The fourth-order valence-electron chi connectivity index (χ4n) is 1.86. The summed E-state index contributed by atoms with van der Waals surface area (Å²) in [6.45, 7) is 0.243. The number of halogens is 2. The SMILES string of the molecule is NC1(CNS(=O)(=O)c2c(Cl)cccc2Br)CCC1. The molecule has 1 fully saturated rings. The summed E-state index contributed by atoms with van der Waals surface area (Å²) < 4.78 is 27.3. The Morgan fingerprint density at radius 1 is 1.44 bits per heavy atom. The predicted octanol–water partition coefficient (Wildman–Crippen LogP) is 2.26. The molecule has 0 aromatic heterocycles. The van der Waals surface area contributed by atoms with Crippen LogP contribution in [0.4, 0.5) is 0 Å². The third-order valence-electron chi connectivity index (χ3n) is 3.15. The molecule has 0 bridgehead atoms. The van der Waals surface area contributed by atoms with Gasteiger partial charge < -0.3 is 5.73 Å². The maximum atomic E-state index is 12.2. The smallest absolute Gasteiger partial charge is 0.243 e. The van der Waals surface area contributed by atoms with Crippen molar-refractivity contribution in [3.05, 3.63) is 27.7 Å². The van der Waals surface area contributed by atoms with Crippen molar-refractivity contribution in [1.82, 2.24) is 4.72 Å². The van der Waals surface area contributed by atoms with Crippen molar-refractivity contribution < 1.29 is 8.42 Å². The molecule has 1 aliphatic carbocycles. The van der Waals surface area contributed by atoms with E-state index in [1.165, 1.54) is 0 Å². The molecule has 0 radical (unpaired) electrons. The molecule has 0 spiro atoms. The van der Waals surface area contributed by atoms with Crippen molar-refractivity contribution in [1.29, 1.82) is 0 Å². The third-order valence-corrected chi connectivity index (χ3v) is 6.00. The van der Waals surface area contributed by atoms with Gasteiger partial charge >= 0.3 is 0 Å². The van der Waals surface area contributed by atoms with Crippen molar-refractivity contribution in [2.24, 2.45) is 5.73 Å². The highest BCUT2D eigenvalue weighted by Crippen LogP contribution is 2.31. The van der Waals surface area contributed by atoms with Crippen LogP contribution in [0.1, 0.15) is 19.3 Å². The second kappa shape index (κ2) is 5.09. The maximum absolute atomic E-state index is 12.2. The molecular formula is C11H14BrClN2O2S. The highest BCUT2D eigenvalue weighted by molar-refractivity contribution is 9.10. The van der Waals surface area contributed by atoms with Gasteiger partial charge in [0.25, 0.3) is 0 Å². The van der Waals surface area contributed by atoms with Gasteiger partial charge in [-0.1, -0.05) is 17.7 Å². The van der Waals surface area contributed by atoms with Crippen molar-refractivity contribution in [2.75, 3.05) is 6.54 Å². The number of benzene rings is 1. The van der Waals surface area contributed by atoms with Crippen LogP contribution in [0.5, 0.6) is 0 Å². The Bertz CT molecular complexity index is 538. The van der Waals surface area contributed by atoms with E-state index < -0.39 is 15.6 Å². The fourth-order valence-corrected chi connectivity index (χ4v) is 4.73. The van der Waals surface area contributed by atoms with Crippen LogP contribution in [0.2, 0.25) is 5.02 Å². The van der Waals surface area contributed by atoms with Gasteiger partial charge in [-0.15, -0.1) is 0 Å². The van der Waals surface area contributed by atoms with Crippen molar-refractivity contribution in [2.45, 2.75) is 29.7 Å². The standard InChI is InChI=1S/C11H14BrClN2O2S/c12-8-3-1-4-9(13)10(8)18(16,17)15-7-11(14)5-2-6-11/h1,3-4,15H,2,5-7,14H2. The van der Waals surface area contributed by atoms with Gasteiger partial charge in [0.05, 0.1) is 5.02 Å². The quantitative estimate of drug-likeness (QED) is 0.872. The minimum Gasteiger partial charge on any atom is -0.324 e. The largest absolute Gasteiger partial charge is 0.324 e. The second-order valence-electron chi connectivity index (χ2n) is 4.59. The van der Waals surface area contributed by atoms with Crippen LogP contribution in [0, 0.1) is 0 Å². The Hall–Kier alpha value is -0.140. The third kappa shape index (κ3) is 2.88. The first-order valence-corrected chi connectivity index (χ1v) is 8.22. The lowest BCUT2D eigenvalue weighted by Crippen LogP contribution is -2.54. The first-order valence-electron chi connectivity index (χ1n) is 5.57. The number of nitrogens with two attached hydrogens (primary N) is 1.